The molecule has 1 aliphatic heterocycles. The molecule has 2 rings (SSSR count). The van der Waals surface area contributed by atoms with Crippen molar-refractivity contribution in [2.24, 2.45) is 11.3 Å². The van der Waals surface area contributed by atoms with Gasteiger partial charge in [-0.2, -0.15) is 0 Å². The van der Waals surface area contributed by atoms with Gasteiger partial charge < -0.3 is 10.1 Å². The first kappa shape index (κ1) is 17.2. The summed E-state index contributed by atoms with van der Waals surface area (Å²) in [6.45, 7) is 9.65. The second-order valence-electron chi connectivity index (χ2n) is 7.81. The van der Waals surface area contributed by atoms with Gasteiger partial charge in [-0.3, -0.25) is 4.90 Å². The molecular weight excluding hydrogens is 260 g/mol. The highest BCUT2D eigenvalue weighted by atomic mass is 16.5. The molecule has 1 N–H and O–H groups in total. The van der Waals surface area contributed by atoms with Gasteiger partial charge >= 0.3 is 0 Å². The fourth-order valence-corrected chi connectivity index (χ4v) is 4.35. The molecular formula is C18H36N2O. The van der Waals surface area contributed by atoms with E-state index in [1.54, 1.807) is 0 Å². The third kappa shape index (κ3) is 4.00. The van der Waals surface area contributed by atoms with E-state index in [9.17, 15) is 0 Å². The van der Waals surface area contributed by atoms with Crippen LogP contribution < -0.4 is 5.32 Å². The number of likely N-dealkylation sites (N-methyl/N-ethyl adjacent to an activating group) is 1. The Morgan fingerprint density at radius 2 is 2.00 bits per heavy atom. The van der Waals surface area contributed by atoms with Crippen LogP contribution >= 0.6 is 0 Å². The molecule has 21 heavy (non-hydrogen) atoms. The van der Waals surface area contributed by atoms with E-state index in [2.05, 4.69) is 38.0 Å². The number of nitrogens with one attached hydrogen (secondary N) is 1. The summed E-state index contributed by atoms with van der Waals surface area (Å²) in [6, 6.07) is 1.35. The molecule has 3 nitrogen and oxygen atoms in total. The van der Waals surface area contributed by atoms with E-state index in [1.807, 2.05) is 7.11 Å². The molecule has 0 amide bonds. The van der Waals surface area contributed by atoms with Crippen molar-refractivity contribution >= 4 is 0 Å². The first-order valence-corrected chi connectivity index (χ1v) is 8.96. The summed E-state index contributed by atoms with van der Waals surface area (Å²) in [7, 11) is 4.01. The smallest absolute Gasteiger partial charge is 0.0698 e. The maximum Gasteiger partial charge on any atom is 0.0698 e. The predicted molar refractivity (Wildman–Crippen MR) is 89.7 cm³/mol. The van der Waals surface area contributed by atoms with E-state index < -0.39 is 0 Å². The standard InChI is InChI=1S/C18H36N2O/c1-6-18(2,3)14-9-10-16(19-4)17(12-14)20-11-7-8-15(13-20)21-5/h14-17,19H,6-13H2,1-5H3. The molecule has 2 fully saturated rings. The average molecular weight is 296 g/mol. The molecule has 0 radical (unpaired) electrons. The van der Waals surface area contributed by atoms with Crippen LogP contribution in [0.4, 0.5) is 0 Å². The lowest BCUT2D eigenvalue weighted by molar-refractivity contribution is -0.0157. The summed E-state index contributed by atoms with van der Waals surface area (Å²) < 4.78 is 5.63. The van der Waals surface area contributed by atoms with E-state index in [0.717, 1.165) is 12.5 Å². The predicted octanol–water partition coefficient (Wildman–Crippen LogP) is 3.29. The molecule has 1 saturated heterocycles. The maximum atomic E-state index is 5.63. The molecule has 0 aromatic heterocycles. The molecule has 124 valence electrons. The Kier molecular flexibility index (Phi) is 6.10. The Morgan fingerprint density at radius 3 is 2.62 bits per heavy atom. The number of hydrogen-bond acceptors (Lipinski definition) is 3. The van der Waals surface area contributed by atoms with Crippen LogP contribution in [0.1, 0.15) is 59.3 Å². The van der Waals surface area contributed by atoms with Crippen LogP contribution in [0.3, 0.4) is 0 Å². The lowest BCUT2D eigenvalue weighted by Gasteiger charge is -2.48. The van der Waals surface area contributed by atoms with Crippen molar-refractivity contribution < 1.29 is 4.74 Å². The summed E-state index contributed by atoms with van der Waals surface area (Å²) in [4.78, 5) is 2.72. The van der Waals surface area contributed by atoms with Crippen LogP contribution in [0.15, 0.2) is 0 Å². The van der Waals surface area contributed by atoms with Crippen LogP contribution in [-0.2, 0) is 4.74 Å². The van der Waals surface area contributed by atoms with Crippen LogP contribution in [0.25, 0.3) is 0 Å². The number of likely N-dealkylation sites (tertiary alicyclic amines) is 1. The highest BCUT2D eigenvalue weighted by molar-refractivity contribution is 4.95. The van der Waals surface area contributed by atoms with Gasteiger partial charge in [0.1, 0.15) is 0 Å². The van der Waals surface area contributed by atoms with Gasteiger partial charge in [-0.1, -0.05) is 27.2 Å². The zero-order chi connectivity index (χ0) is 15.5. The molecule has 4 unspecified atom stereocenters. The van der Waals surface area contributed by atoms with Gasteiger partial charge in [-0.15, -0.1) is 0 Å². The third-order valence-corrected chi connectivity index (χ3v) is 6.42. The minimum Gasteiger partial charge on any atom is -0.380 e. The van der Waals surface area contributed by atoms with Crippen molar-refractivity contribution in [2.75, 3.05) is 27.2 Å². The topological polar surface area (TPSA) is 24.5 Å². The molecule has 1 aliphatic carbocycles. The van der Waals surface area contributed by atoms with Crippen LogP contribution in [-0.4, -0.2) is 50.3 Å². The fraction of sp³-hybridized carbons (Fsp3) is 1.00. The Balaban J connectivity index is 2.06. The molecule has 0 aromatic carbocycles. The van der Waals surface area contributed by atoms with Gasteiger partial charge in [0.2, 0.25) is 0 Å². The number of methoxy groups -OCH3 is 1. The van der Waals surface area contributed by atoms with Gasteiger partial charge in [0.15, 0.2) is 0 Å². The fourth-order valence-electron chi connectivity index (χ4n) is 4.35. The number of piperidine rings is 1. The molecule has 0 spiro atoms. The van der Waals surface area contributed by atoms with Crippen LogP contribution in [0, 0.1) is 11.3 Å². The largest absolute Gasteiger partial charge is 0.380 e. The highest BCUT2D eigenvalue weighted by Crippen LogP contribution is 2.42. The van der Waals surface area contributed by atoms with E-state index in [4.69, 9.17) is 4.74 Å². The Bertz CT molecular complexity index is 318. The first-order valence-electron chi connectivity index (χ1n) is 8.96. The van der Waals surface area contributed by atoms with Gasteiger partial charge in [0, 0.05) is 25.7 Å². The van der Waals surface area contributed by atoms with Crippen molar-refractivity contribution in [2.45, 2.75) is 77.5 Å². The van der Waals surface area contributed by atoms with E-state index >= 15 is 0 Å². The highest BCUT2D eigenvalue weighted by Gasteiger charge is 2.40. The summed E-state index contributed by atoms with van der Waals surface area (Å²) >= 11 is 0. The summed E-state index contributed by atoms with van der Waals surface area (Å²) in [5.74, 6) is 0.861. The maximum absolute atomic E-state index is 5.63. The minimum absolute atomic E-state index is 0.441. The van der Waals surface area contributed by atoms with E-state index in [0.29, 0.717) is 23.6 Å². The molecule has 1 saturated carbocycles. The van der Waals surface area contributed by atoms with Crippen molar-refractivity contribution in [1.29, 1.82) is 0 Å². The van der Waals surface area contributed by atoms with Gasteiger partial charge in [-0.25, -0.2) is 0 Å². The molecule has 2 aliphatic rings. The normalized spacial score (nSPS) is 35.9. The average Bonchev–Trinajstić information content (AvgIpc) is 2.54. The van der Waals surface area contributed by atoms with Crippen LogP contribution in [0.5, 0.6) is 0 Å². The van der Waals surface area contributed by atoms with E-state index in [1.165, 1.54) is 45.1 Å². The summed E-state index contributed by atoms with van der Waals surface area (Å²) in [5, 5.41) is 3.59. The van der Waals surface area contributed by atoms with Crippen molar-refractivity contribution in [3.63, 3.8) is 0 Å². The molecule has 0 bridgehead atoms. The number of hydrogen-bond donors (Lipinski definition) is 1. The number of rotatable bonds is 5. The quantitative estimate of drug-likeness (QED) is 0.842. The van der Waals surface area contributed by atoms with Gasteiger partial charge in [0.05, 0.1) is 6.10 Å². The summed E-state index contributed by atoms with van der Waals surface area (Å²) in [6.07, 6.45) is 8.29. The minimum atomic E-state index is 0.441. The first-order chi connectivity index (χ1) is 10.0. The Morgan fingerprint density at radius 1 is 1.24 bits per heavy atom. The molecule has 1 heterocycles. The Labute approximate surface area is 131 Å². The third-order valence-electron chi connectivity index (χ3n) is 6.42. The van der Waals surface area contributed by atoms with Crippen LogP contribution in [0.2, 0.25) is 0 Å². The lowest BCUT2D eigenvalue weighted by Crippen LogP contribution is -2.56. The second kappa shape index (κ2) is 7.43. The van der Waals surface area contributed by atoms with Crippen molar-refractivity contribution in [3.8, 4) is 0 Å². The zero-order valence-electron chi connectivity index (χ0n) is 14.8. The van der Waals surface area contributed by atoms with Gasteiger partial charge in [-0.05, 0) is 57.0 Å². The molecule has 0 aromatic rings. The van der Waals surface area contributed by atoms with Crippen molar-refractivity contribution in [1.82, 2.24) is 10.2 Å². The monoisotopic (exact) mass is 296 g/mol. The van der Waals surface area contributed by atoms with E-state index in [-0.39, 0.29) is 0 Å². The number of nitrogens with zero attached hydrogens (tertiary/aromatic N) is 1. The number of ether oxygens (including phenoxy) is 1. The molecule has 4 atom stereocenters. The zero-order valence-corrected chi connectivity index (χ0v) is 14.8. The Hall–Kier alpha value is -0.120. The summed E-state index contributed by atoms with van der Waals surface area (Å²) in [5.41, 5.74) is 0.480. The SMILES string of the molecule is CCC(C)(C)C1CCC(NC)C(N2CCCC(OC)C2)C1. The molecule has 3 heteroatoms. The van der Waals surface area contributed by atoms with Crippen molar-refractivity contribution in [3.05, 3.63) is 0 Å². The van der Waals surface area contributed by atoms with Gasteiger partial charge in [0.25, 0.3) is 0 Å². The lowest BCUT2D eigenvalue weighted by atomic mass is 9.67. The second-order valence-corrected chi connectivity index (χ2v) is 7.81.